The Morgan fingerprint density at radius 1 is 1.35 bits per heavy atom. The summed E-state index contributed by atoms with van der Waals surface area (Å²) in [5, 5.41) is 15.1. The minimum absolute atomic E-state index is 0.0232. The molecule has 1 saturated carbocycles. The number of aryl methyl sites for hydroxylation is 2. The molecule has 31 heavy (non-hydrogen) atoms. The van der Waals surface area contributed by atoms with Crippen molar-refractivity contribution in [1.29, 1.82) is 0 Å². The van der Waals surface area contributed by atoms with Gasteiger partial charge in [-0.05, 0) is 74.3 Å². The van der Waals surface area contributed by atoms with Gasteiger partial charge in [-0.3, -0.25) is 4.68 Å². The highest BCUT2D eigenvalue weighted by molar-refractivity contribution is 14.1. The van der Waals surface area contributed by atoms with Gasteiger partial charge in [-0.15, -0.1) is 5.10 Å². The fraction of sp³-hybridized carbons (Fsp3) is 0.636. The number of hydrogen-bond donors (Lipinski definition) is 2. The standard InChI is InChI=1S/C22H33IN6O2/c1-6-17-16(23)9-10-18(26-17)20-19(29(5)28-27-20)13-24-12-15(11-14-7-8-14)25-21(30)31-22(2,3)4/h9-10,14-15,24H,6-8,11-13H2,1-5H3,(H,25,30)/t15-/m0/s1. The molecule has 0 aliphatic heterocycles. The van der Waals surface area contributed by atoms with Crippen molar-refractivity contribution < 1.29 is 9.53 Å². The third-order valence-electron chi connectivity index (χ3n) is 5.16. The van der Waals surface area contributed by atoms with Crippen molar-refractivity contribution >= 4 is 28.7 Å². The quantitative estimate of drug-likeness (QED) is 0.470. The SMILES string of the molecule is CCc1nc(-c2nnn(C)c2CNC[C@H](CC2CC2)NC(=O)OC(C)(C)C)ccc1I. The van der Waals surface area contributed by atoms with E-state index in [0.717, 1.165) is 39.2 Å². The zero-order valence-electron chi connectivity index (χ0n) is 19.0. The summed E-state index contributed by atoms with van der Waals surface area (Å²) >= 11 is 2.31. The summed E-state index contributed by atoms with van der Waals surface area (Å²) in [5.74, 6) is 0.694. The second-order valence-corrected chi connectivity index (χ2v) is 10.3. The highest BCUT2D eigenvalue weighted by Gasteiger charge is 2.27. The number of hydrogen-bond acceptors (Lipinski definition) is 6. The number of nitrogens with zero attached hydrogens (tertiary/aromatic N) is 4. The maximum Gasteiger partial charge on any atom is 0.407 e. The lowest BCUT2D eigenvalue weighted by atomic mass is 10.1. The van der Waals surface area contributed by atoms with E-state index in [-0.39, 0.29) is 12.1 Å². The van der Waals surface area contributed by atoms with Crippen LogP contribution >= 0.6 is 22.6 Å². The Labute approximate surface area is 198 Å². The highest BCUT2D eigenvalue weighted by Crippen LogP contribution is 2.33. The summed E-state index contributed by atoms with van der Waals surface area (Å²) in [6, 6.07) is 4.09. The lowest BCUT2D eigenvalue weighted by Gasteiger charge is -2.24. The van der Waals surface area contributed by atoms with E-state index in [9.17, 15) is 4.79 Å². The molecule has 1 aliphatic carbocycles. The Morgan fingerprint density at radius 3 is 2.74 bits per heavy atom. The molecule has 8 nitrogen and oxygen atoms in total. The molecule has 1 atom stereocenters. The van der Waals surface area contributed by atoms with Crippen molar-refractivity contribution in [3.05, 3.63) is 27.1 Å². The van der Waals surface area contributed by atoms with Crippen LogP contribution in [0.1, 0.15) is 58.3 Å². The Balaban J connectivity index is 1.64. The zero-order valence-corrected chi connectivity index (χ0v) is 21.2. The molecule has 0 saturated heterocycles. The molecular weight excluding hydrogens is 507 g/mol. The van der Waals surface area contributed by atoms with Crippen molar-refractivity contribution in [2.24, 2.45) is 13.0 Å². The van der Waals surface area contributed by atoms with Gasteiger partial charge in [-0.1, -0.05) is 25.0 Å². The topological polar surface area (TPSA) is 94.0 Å². The first-order chi connectivity index (χ1) is 14.7. The van der Waals surface area contributed by atoms with E-state index in [1.807, 2.05) is 33.9 Å². The Morgan fingerprint density at radius 2 is 2.10 bits per heavy atom. The first kappa shape index (κ1) is 23.9. The Bertz CT molecular complexity index is 904. The van der Waals surface area contributed by atoms with Gasteiger partial charge >= 0.3 is 6.09 Å². The second kappa shape index (κ2) is 10.2. The lowest BCUT2D eigenvalue weighted by Crippen LogP contribution is -2.44. The van der Waals surface area contributed by atoms with Gasteiger partial charge in [0.1, 0.15) is 11.3 Å². The van der Waals surface area contributed by atoms with Gasteiger partial charge in [0, 0.05) is 29.7 Å². The number of alkyl carbamates (subject to hydrolysis) is 1. The molecule has 2 aromatic rings. The van der Waals surface area contributed by atoms with Gasteiger partial charge in [0.15, 0.2) is 0 Å². The molecule has 170 valence electrons. The molecule has 9 heteroatoms. The number of nitrogens with one attached hydrogen (secondary N) is 2. The molecular formula is C22H33IN6O2. The van der Waals surface area contributed by atoms with E-state index >= 15 is 0 Å². The van der Waals surface area contributed by atoms with Gasteiger partial charge < -0.3 is 15.4 Å². The van der Waals surface area contributed by atoms with E-state index in [1.54, 1.807) is 4.68 Å². The van der Waals surface area contributed by atoms with Crippen molar-refractivity contribution in [3.63, 3.8) is 0 Å². The van der Waals surface area contributed by atoms with Crippen LogP contribution < -0.4 is 10.6 Å². The molecule has 2 aromatic heterocycles. The minimum Gasteiger partial charge on any atom is -0.444 e. The summed E-state index contributed by atoms with van der Waals surface area (Å²) in [6.45, 7) is 8.97. The van der Waals surface area contributed by atoms with E-state index in [2.05, 4.69) is 56.5 Å². The number of rotatable bonds is 9. The van der Waals surface area contributed by atoms with Crippen LogP contribution in [-0.4, -0.2) is 44.3 Å². The molecule has 3 rings (SSSR count). The maximum atomic E-state index is 12.2. The number of aromatic nitrogens is 4. The van der Waals surface area contributed by atoms with E-state index < -0.39 is 5.60 Å². The van der Waals surface area contributed by atoms with Crippen LogP contribution in [0, 0.1) is 9.49 Å². The van der Waals surface area contributed by atoms with Crippen molar-refractivity contribution in [3.8, 4) is 11.4 Å². The molecule has 2 N–H and O–H groups in total. The summed E-state index contributed by atoms with van der Waals surface area (Å²) in [4.78, 5) is 17.0. The molecule has 0 radical (unpaired) electrons. The first-order valence-corrected chi connectivity index (χ1v) is 12.0. The fourth-order valence-corrected chi connectivity index (χ4v) is 4.11. The summed E-state index contributed by atoms with van der Waals surface area (Å²) < 4.78 is 8.38. The van der Waals surface area contributed by atoms with E-state index in [4.69, 9.17) is 9.72 Å². The Kier molecular flexibility index (Phi) is 7.90. The maximum absolute atomic E-state index is 12.2. The van der Waals surface area contributed by atoms with Crippen LogP contribution in [-0.2, 0) is 24.8 Å². The fourth-order valence-electron chi connectivity index (χ4n) is 3.43. The molecule has 0 unspecified atom stereocenters. The number of carbonyl (C=O) groups excluding carboxylic acids is 1. The molecule has 1 aliphatic rings. The van der Waals surface area contributed by atoms with Gasteiger partial charge in [0.2, 0.25) is 0 Å². The predicted octanol–water partition coefficient (Wildman–Crippen LogP) is 3.83. The average Bonchev–Trinajstić information content (AvgIpc) is 3.42. The zero-order chi connectivity index (χ0) is 22.6. The number of amides is 1. The van der Waals surface area contributed by atoms with Gasteiger partial charge in [-0.25, -0.2) is 9.78 Å². The van der Waals surface area contributed by atoms with Gasteiger partial charge in [0.25, 0.3) is 0 Å². The number of pyridine rings is 1. The number of ether oxygens (including phenoxy) is 1. The molecule has 1 fully saturated rings. The minimum atomic E-state index is -0.505. The van der Waals surface area contributed by atoms with Gasteiger partial charge in [0.05, 0.1) is 17.1 Å². The Hall–Kier alpha value is -1.75. The number of halogens is 1. The van der Waals surface area contributed by atoms with E-state index in [0.29, 0.717) is 19.0 Å². The van der Waals surface area contributed by atoms with Gasteiger partial charge in [-0.2, -0.15) is 0 Å². The van der Waals surface area contributed by atoms with E-state index in [1.165, 1.54) is 12.8 Å². The van der Waals surface area contributed by atoms with Crippen molar-refractivity contribution in [2.75, 3.05) is 6.54 Å². The van der Waals surface area contributed by atoms with Crippen molar-refractivity contribution in [2.45, 2.75) is 71.6 Å². The molecule has 1 amide bonds. The van der Waals surface area contributed by atoms with Crippen molar-refractivity contribution in [1.82, 2.24) is 30.6 Å². The van der Waals surface area contributed by atoms with Crippen LogP contribution in [0.5, 0.6) is 0 Å². The first-order valence-electron chi connectivity index (χ1n) is 10.9. The summed E-state index contributed by atoms with van der Waals surface area (Å²) in [5.41, 5.74) is 3.16. The lowest BCUT2D eigenvalue weighted by molar-refractivity contribution is 0.0500. The molecule has 2 heterocycles. The third kappa shape index (κ3) is 7.13. The van der Waals surface area contributed by atoms with Crippen LogP contribution in [0.15, 0.2) is 12.1 Å². The predicted molar refractivity (Wildman–Crippen MR) is 129 cm³/mol. The monoisotopic (exact) mass is 540 g/mol. The third-order valence-corrected chi connectivity index (χ3v) is 6.14. The van der Waals surface area contributed by atoms with Crippen LogP contribution in [0.3, 0.4) is 0 Å². The average molecular weight is 540 g/mol. The van der Waals surface area contributed by atoms with Crippen LogP contribution in [0.2, 0.25) is 0 Å². The van der Waals surface area contributed by atoms with Crippen LogP contribution in [0.4, 0.5) is 4.79 Å². The largest absolute Gasteiger partial charge is 0.444 e. The second-order valence-electron chi connectivity index (χ2n) is 9.14. The smallest absolute Gasteiger partial charge is 0.407 e. The summed E-state index contributed by atoms with van der Waals surface area (Å²) in [7, 11) is 1.89. The number of carbonyl (C=O) groups is 1. The molecule has 0 bridgehead atoms. The normalized spacial score (nSPS) is 15.0. The molecule has 0 aromatic carbocycles. The molecule has 0 spiro atoms. The summed E-state index contributed by atoms with van der Waals surface area (Å²) in [6.07, 6.45) is 3.94. The highest BCUT2D eigenvalue weighted by atomic mass is 127. The van der Waals surface area contributed by atoms with Crippen LogP contribution in [0.25, 0.3) is 11.4 Å².